The number of fused-ring (bicyclic) bond motifs is 1. The average molecular weight is 542 g/mol. The van der Waals surface area contributed by atoms with Crippen LogP contribution in [0.15, 0.2) is 30.3 Å². The summed E-state index contributed by atoms with van der Waals surface area (Å²) in [7, 11) is 3.32. The number of hydrogen-bond acceptors (Lipinski definition) is 3. The van der Waals surface area contributed by atoms with Gasteiger partial charge in [0.2, 0.25) is 0 Å². The third-order valence-electron chi connectivity index (χ3n) is 6.53. The lowest BCUT2D eigenvalue weighted by Gasteiger charge is -2.32. The van der Waals surface area contributed by atoms with Crippen LogP contribution >= 0.6 is 46.4 Å². The molecule has 0 aliphatic carbocycles. The molecule has 2 aromatic carbocycles. The minimum Gasteiger partial charge on any atom is -0.469 e. The van der Waals surface area contributed by atoms with Crippen molar-refractivity contribution in [1.82, 2.24) is 9.47 Å². The van der Waals surface area contributed by atoms with Gasteiger partial charge in [0.1, 0.15) is 0 Å². The van der Waals surface area contributed by atoms with Crippen LogP contribution in [0.3, 0.4) is 0 Å². The maximum Gasteiger partial charge on any atom is 0.305 e. The monoisotopic (exact) mass is 540 g/mol. The number of methoxy groups -OCH3 is 1. The smallest absolute Gasteiger partial charge is 0.305 e. The molecule has 2 heterocycles. The standard InChI is InChI=1S/C25H24Cl4N2O3/c1-30-16(12-18-21(28)10-15(26)11-22(18)30)13-19-20(27)4-3-17(24(19)29)25(33)31-7-5-14(6-8-31)9-23(32)34-2/h3-4,10-12,14H,5-9,13H2,1-2H3. The Balaban J connectivity index is 1.57. The van der Waals surface area contributed by atoms with Crippen molar-refractivity contribution in [1.29, 1.82) is 0 Å². The number of esters is 1. The first-order valence-electron chi connectivity index (χ1n) is 11.0. The Hall–Kier alpha value is -1.92. The van der Waals surface area contributed by atoms with Gasteiger partial charge < -0.3 is 14.2 Å². The quantitative estimate of drug-likeness (QED) is 0.334. The maximum atomic E-state index is 13.3. The van der Waals surface area contributed by atoms with E-state index in [0.717, 1.165) is 29.4 Å². The number of nitrogens with zero attached hydrogens (tertiary/aromatic N) is 2. The lowest BCUT2D eigenvalue weighted by atomic mass is 9.93. The van der Waals surface area contributed by atoms with Gasteiger partial charge in [-0.25, -0.2) is 0 Å². The van der Waals surface area contributed by atoms with Crippen LogP contribution in [0.5, 0.6) is 0 Å². The number of halogens is 4. The zero-order valence-corrected chi connectivity index (χ0v) is 21.9. The number of hydrogen-bond donors (Lipinski definition) is 0. The van der Waals surface area contributed by atoms with Gasteiger partial charge in [0, 0.05) is 54.1 Å². The summed E-state index contributed by atoms with van der Waals surface area (Å²) in [5.74, 6) is -0.127. The van der Waals surface area contributed by atoms with Crippen molar-refractivity contribution < 1.29 is 14.3 Å². The second-order valence-corrected chi connectivity index (χ2v) is 10.2. The number of rotatable bonds is 5. The van der Waals surface area contributed by atoms with E-state index in [4.69, 9.17) is 51.1 Å². The number of piperidine rings is 1. The molecule has 1 aliphatic heterocycles. The van der Waals surface area contributed by atoms with Crippen LogP contribution in [-0.4, -0.2) is 41.5 Å². The third kappa shape index (κ3) is 5.03. The molecule has 9 heteroatoms. The Labute approximate surface area is 218 Å². The zero-order chi connectivity index (χ0) is 24.6. The second kappa shape index (κ2) is 10.4. The fourth-order valence-electron chi connectivity index (χ4n) is 4.51. The summed E-state index contributed by atoms with van der Waals surface area (Å²) in [6.45, 7) is 1.13. The van der Waals surface area contributed by atoms with E-state index in [1.807, 2.05) is 23.7 Å². The first-order chi connectivity index (χ1) is 16.2. The molecule has 5 nitrogen and oxygen atoms in total. The van der Waals surface area contributed by atoms with Crippen molar-refractivity contribution in [3.63, 3.8) is 0 Å². The van der Waals surface area contributed by atoms with Gasteiger partial charge >= 0.3 is 5.97 Å². The van der Waals surface area contributed by atoms with Crippen LogP contribution in [0.2, 0.25) is 20.1 Å². The van der Waals surface area contributed by atoms with E-state index in [0.29, 0.717) is 57.1 Å². The number of amides is 1. The Bertz CT molecular complexity index is 1260. The minimum absolute atomic E-state index is 0.133. The van der Waals surface area contributed by atoms with Crippen LogP contribution in [0.1, 0.15) is 40.9 Å². The van der Waals surface area contributed by atoms with Crippen molar-refractivity contribution in [2.45, 2.75) is 25.7 Å². The van der Waals surface area contributed by atoms with Gasteiger partial charge in [-0.05, 0) is 54.7 Å². The molecule has 34 heavy (non-hydrogen) atoms. The molecule has 180 valence electrons. The number of ether oxygens (including phenoxy) is 1. The van der Waals surface area contributed by atoms with Gasteiger partial charge in [0.15, 0.2) is 0 Å². The lowest BCUT2D eigenvalue weighted by molar-refractivity contribution is -0.142. The summed E-state index contributed by atoms with van der Waals surface area (Å²) in [6.07, 6.45) is 2.31. The molecule has 0 bridgehead atoms. The van der Waals surface area contributed by atoms with Gasteiger partial charge in [0.25, 0.3) is 5.91 Å². The molecule has 3 aromatic rings. The van der Waals surface area contributed by atoms with Gasteiger partial charge in [-0.3, -0.25) is 9.59 Å². The molecular formula is C25H24Cl4N2O3. The van der Waals surface area contributed by atoms with E-state index in [1.54, 1.807) is 23.1 Å². The number of carbonyl (C=O) groups is 2. The minimum atomic E-state index is -0.216. The molecule has 1 fully saturated rings. The lowest BCUT2D eigenvalue weighted by Crippen LogP contribution is -2.39. The highest BCUT2D eigenvalue weighted by Gasteiger charge is 2.27. The SMILES string of the molecule is COC(=O)CC1CCN(C(=O)c2ccc(Cl)c(Cc3cc4c(Cl)cc(Cl)cc4n3C)c2Cl)CC1. The summed E-state index contributed by atoms with van der Waals surface area (Å²) in [5.41, 5.74) is 2.95. The number of aryl methyl sites for hydroxylation is 1. The van der Waals surface area contributed by atoms with E-state index in [2.05, 4.69) is 0 Å². The van der Waals surface area contributed by atoms with Crippen molar-refractivity contribution in [3.05, 3.63) is 67.2 Å². The Morgan fingerprint density at radius 2 is 1.74 bits per heavy atom. The van der Waals surface area contributed by atoms with E-state index in [-0.39, 0.29) is 17.8 Å². The van der Waals surface area contributed by atoms with Crippen molar-refractivity contribution in [2.24, 2.45) is 13.0 Å². The van der Waals surface area contributed by atoms with Crippen LogP contribution in [0.25, 0.3) is 10.9 Å². The van der Waals surface area contributed by atoms with E-state index < -0.39 is 0 Å². The molecule has 0 spiro atoms. The van der Waals surface area contributed by atoms with Crippen LogP contribution < -0.4 is 0 Å². The predicted octanol–water partition coefficient (Wildman–Crippen LogP) is 6.80. The molecular weight excluding hydrogens is 518 g/mol. The first-order valence-corrected chi connectivity index (χ1v) is 12.5. The van der Waals surface area contributed by atoms with Crippen molar-refractivity contribution >= 4 is 69.2 Å². The third-order valence-corrected chi connectivity index (χ3v) is 7.85. The highest BCUT2D eigenvalue weighted by molar-refractivity contribution is 6.39. The Kier molecular flexibility index (Phi) is 7.68. The highest BCUT2D eigenvalue weighted by atomic mass is 35.5. The number of benzene rings is 2. The second-order valence-electron chi connectivity index (χ2n) is 8.60. The van der Waals surface area contributed by atoms with Crippen LogP contribution in [0, 0.1) is 5.92 Å². The maximum absolute atomic E-state index is 13.3. The highest BCUT2D eigenvalue weighted by Crippen LogP contribution is 2.35. The van der Waals surface area contributed by atoms with Crippen LogP contribution in [-0.2, 0) is 23.0 Å². The van der Waals surface area contributed by atoms with Crippen molar-refractivity contribution in [2.75, 3.05) is 20.2 Å². The predicted molar refractivity (Wildman–Crippen MR) is 137 cm³/mol. The largest absolute Gasteiger partial charge is 0.469 e. The molecule has 0 atom stereocenters. The van der Waals surface area contributed by atoms with E-state index >= 15 is 0 Å². The number of carbonyl (C=O) groups excluding carboxylic acids is 2. The fourth-order valence-corrected chi connectivity index (χ4v) is 5.64. The van der Waals surface area contributed by atoms with E-state index in [1.165, 1.54) is 7.11 Å². The fraction of sp³-hybridized carbons (Fsp3) is 0.360. The summed E-state index contributed by atoms with van der Waals surface area (Å²) in [4.78, 5) is 26.6. The van der Waals surface area contributed by atoms with Gasteiger partial charge in [-0.1, -0.05) is 46.4 Å². The van der Waals surface area contributed by atoms with E-state index in [9.17, 15) is 9.59 Å². The normalized spacial score (nSPS) is 14.6. The summed E-state index contributed by atoms with van der Waals surface area (Å²) in [6, 6.07) is 8.95. The Morgan fingerprint density at radius 1 is 1.03 bits per heavy atom. The molecule has 0 unspecified atom stereocenters. The van der Waals surface area contributed by atoms with Crippen LogP contribution in [0.4, 0.5) is 0 Å². The molecule has 0 N–H and O–H groups in total. The van der Waals surface area contributed by atoms with Gasteiger partial charge in [0.05, 0.1) is 28.2 Å². The number of likely N-dealkylation sites (tertiary alicyclic amines) is 1. The summed E-state index contributed by atoms with van der Waals surface area (Å²) in [5, 5.41) is 2.86. The van der Waals surface area contributed by atoms with Gasteiger partial charge in [-0.2, -0.15) is 0 Å². The zero-order valence-electron chi connectivity index (χ0n) is 18.8. The summed E-state index contributed by atoms with van der Waals surface area (Å²) < 4.78 is 6.76. The topological polar surface area (TPSA) is 51.5 Å². The summed E-state index contributed by atoms with van der Waals surface area (Å²) >= 11 is 25.8. The Morgan fingerprint density at radius 3 is 2.41 bits per heavy atom. The average Bonchev–Trinajstić information content (AvgIpc) is 3.12. The van der Waals surface area contributed by atoms with Crippen molar-refractivity contribution in [3.8, 4) is 0 Å². The molecule has 1 amide bonds. The molecule has 0 saturated carbocycles. The van der Waals surface area contributed by atoms with Gasteiger partial charge in [-0.15, -0.1) is 0 Å². The molecule has 0 radical (unpaired) electrons. The molecule has 1 aromatic heterocycles. The molecule has 1 aliphatic rings. The first kappa shape index (κ1) is 25.2. The molecule has 4 rings (SSSR count). The molecule has 1 saturated heterocycles. The number of aromatic nitrogens is 1.